The summed E-state index contributed by atoms with van der Waals surface area (Å²) in [4.78, 5) is 25.2. The molecule has 1 amide bonds. The number of Topliss-reactive ketones (excluding diaryl/α,β-unsaturated/α-hetero) is 1. The van der Waals surface area contributed by atoms with E-state index >= 15 is 0 Å². The molecule has 0 aromatic carbocycles. The van der Waals surface area contributed by atoms with Gasteiger partial charge in [0.25, 0.3) is 0 Å². The SMILES string of the molecule is CCCCCC(=O)N1CC(=O)CCC1(C)C. The van der Waals surface area contributed by atoms with E-state index in [1.54, 1.807) is 4.90 Å². The van der Waals surface area contributed by atoms with Gasteiger partial charge >= 0.3 is 0 Å². The maximum absolute atomic E-state index is 12.0. The number of unbranched alkanes of at least 4 members (excludes halogenated alkanes) is 2. The minimum Gasteiger partial charge on any atom is -0.330 e. The van der Waals surface area contributed by atoms with Crippen molar-refractivity contribution in [1.29, 1.82) is 0 Å². The molecule has 1 aliphatic heterocycles. The zero-order valence-electron chi connectivity index (χ0n) is 10.7. The number of amides is 1. The van der Waals surface area contributed by atoms with Crippen LogP contribution in [0, 0.1) is 0 Å². The average molecular weight is 225 g/mol. The molecule has 1 rings (SSSR count). The van der Waals surface area contributed by atoms with Gasteiger partial charge in [-0.2, -0.15) is 0 Å². The van der Waals surface area contributed by atoms with Crippen molar-refractivity contribution in [3.63, 3.8) is 0 Å². The van der Waals surface area contributed by atoms with E-state index in [1.165, 1.54) is 0 Å². The monoisotopic (exact) mass is 225 g/mol. The van der Waals surface area contributed by atoms with Gasteiger partial charge in [0.05, 0.1) is 6.54 Å². The number of hydrogen-bond acceptors (Lipinski definition) is 2. The summed E-state index contributed by atoms with van der Waals surface area (Å²) in [5.41, 5.74) is -0.142. The molecule has 1 fully saturated rings. The standard InChI is InChI=1S/C13H23NO2/c1-4-5-6-7-12(16)14-10-11(15)8-9-13(14,2)3/h4-10H2,1-3H3. The Labute approximate surface area is 98.2 Å². The summed E-state index contributed by atoms with van der Waals surface area (Å²) in [5, 5.41) is 0. The molecule has 0 spiro atoms. The van der Waals surface area contributed by atoms with Gasteiger partial charge in [-0.25, -0.2) is 0 Å². The first-order valence-corrected chi connectivity index (χ1v) is 6.29. The van der Waals surface area contributed by atoms with Crippen molar-refractivity contribution < 1.29 is 9.59 Å². The fourth-order valence-corrected chi connectivity index (χ4v) is 2.14. The van der Waals surface area contributed by atoms with Crippen molar-refractivity contribution >= 4 is 11.7 Å². The van der Waals surface area contributed by atoms with Gasteiger partial charge in [0.2, 0.25) is 5.91 Å². The molecule has 1 heterocycles. The van der Waals surface area contributed by atoms with Gasteiger partial charge in [-0.15, -0.1) is 0 Å². The van der Waals surface area contributed by atoms with E-state index in [4.69, 9.17) is 0 Å². The smallest absolute Gasteiger partial charge is 0.223 e. The first-order valence-electron chi connectivity index (χ1n) is 6.29. The molecule has 0 aliphatic carbocycles. The summed E-state index contributed by atoms with van der Waals surface area (Å²) in [7, 11) is 0. The van der Waals surface area contributed by atoms with Gasteiger partial charge in [0, 0.05) is 18.4 Å². The molecule has 3 heteroatoms. The molecule has 16 heavy (non-hydrogen) atoms. The molecule has 0 radical (unpaired) electrons. The number of carbonyl (C=O) groups excluding carboxylic acids is 2. The number of piperidine rings is 1. The lowest BCUT2D eigenvalue weighted by atomic mass is 9.89. The van der Waals surface area contributed by atoms with Crippen LogP contribution in [0.3, 0.4) is 0 Å². The quantitative estimate of drug-likeness (QED) is 0.689. The van der Waals surface area contributed by atoms with Crippen molar-refractivity contribution in [2.45, 2.75) is 64.8 Å². The maximum atomic E-state index is 12.0. The Balaban J connectivity index is 2.54. The average Bonchev–Trinajstić information content (AvgIpc) is 2.22. The minimum atomic E-state index is -0.142. The lowest BCUT2D eigenvalue weighted by Crippen LogP contribution is -2.53. The molecule has 0 aromatic rings. The number of rotatable bonds is 4. The molecule has 0 unspecified atom stereocenters. The van der Waals surface area contributed by atoms with Gasteiger partial charge in [0.1, 0.15) is 0 Å². The van der Waals surface area contributed by atoms with E-state index < -0.39 is 0 Å². The molecular weight excluding hydrogens is 202 g/mol. The van der Waals surface area contributed by atoms with Gasteiger partial charge in [0.15, 0.2) is 5.78 Å². The van der Waals surface area contributed by atoms with Gasteiger partial charge < -0.3 is 4.90 Å². The molecule has 92 valence electrons. The summed E-state index contributed by atoms with van der Waals surface area (Å²) < 4.78 is 0. The van der Waals surface area contributed by atoms with Crippen LogP contribution in [0.1, 0.15) is 59.3 Å². The fourth-order valence-electron chi connectivity index (χ4n) is 2.14. The lowest BCUT2D eigenvalue weighted by molar-refractivity contribution is -0.144. The Bertz CT molecular complexity index is 271. The van der Waals surface area contributed by atoms with Gasteiger partial charge in [-0.3, -0.25) is 9.59 Å². The van der Waals surface area contributed by atoms with Crippen LogP contribution in [-0.4, -0.2) is 28.7 Å². The van der Waals surface area contributed by atoms with Crippen molar-refractivity contribution in [1.82, 2.24) is 4.90 Å². The van der Waals surface area contributed by atoms with Crippen LogP contribution in [0.15, 0.2) is 0 Å². The Kier molecular flexibility index (Phi) is 4.51. The Morgan fingerprint density at radius 2 is 2.06 bits per heavy atom. The van der Waals surface area contributed by atoms with Gasteiger partial charge in [-0.1, -0.05) is 19.8 Å². The van der Waals surface area contributed by atoms with Crippen LogP contribution in [0.5, 0.6) is 0 Å². The molecule has 0 atom stereocenters. The van der Waals surface area contributed by atoms with Crippen LogP contribution in [0.2, 0.25) is 0 Å². The molecule has 0 bridgehead atoms. The molecular formula is C13H23NO2. The van der Waals surface area contributed by atoms with Crippen molar-refractivity contribution in [3.8, 4) is 0 Å². The number of likely N-dealkylation sites (tertiary alicyclic amines) is 1. The van der Waals surface area contributed by atoms with Gasteiger partial charge in [-0.05, 0) is 26.7 Å². The van der Waals surface area contributed by atoms with Crippen LogP contribution < -0.4 is 0 Å². The van der Waals surface area contributed by atoms with Crippen molar-refractivity contribution in [2.75, 3.05) is 6.54 Å². The zero-order chi connectivity index (χ0) is 12.2. The Morgan fingerprint density at radius 1 is 1.38 bits per heavy atom. The topological polar surface area (TPSA) is 37.4 Å². The third kappa shape index (κ3) is 3.32. The maximum Gasteiger partial charge on any atom is 0.223 e. The lowest BCUT2D eigenvalue weighted by Gasteiger charge is -2.41. The third-order valence-electron chi connectivity index (χ3n) is 3.38. The first kappa shape index (κ1) is 13.2. The second-order valence-electron chi connectivity index (χ2n) is 5.29. The van der Waals surface area contributed by atoms with Crippen molar-refractivity contribution in [2.24, 2.45) is 0 Å². The highest BCUT2D eigenvalue weighted by Gasteiger charge is 2.35. The Hall–Kier alpha value is -0.860. The summed E-state index contributed by atoms with van der Waals surface area (Å²) in [6, 6.07) is 0. The molecule has 3 nitrogen and oxygen atoms in total. The first-order chi connectivity index (χ1) is 7.47. The summed E-state index contributed by atoms with van der Waals surface area (Å²) >= 11 is 0. The zero-order valence-corrected chi connectivity index (χ0v) is 10.7. The predicted octanol–water partition coefficient (Wildman–Crippen LogP) is 2.54. The highest BCUT2D eigenvalue weighted by Crippen LogP contribution is 2.26. The summed E-state index contributed by atoms with van der Waals surface area (Å²) in [6.07, 6.45) is 5.15. The second-order valence-corrected chi connectivity index (χ2v) is 5.29. The molecule has 1 aliphatic rings. The highest BCUT2D eigenvalue weighted by atomic mass is 16.2. The van der Waals surface area contributed by atoms with Crippen LogP contribution in [-0.2, 0) is 9.59 Å². The van der Waals surface area contributed by atoms with E-state index in [9.17, 15) is 9.59 Å². The predicted molar refractivity (Wildman–Crippen MR) is 64.2 cm³/mol. The second kappa shape index (κ2) is 5.46. The third-order valence-corrected chi connectivity index (χ3v) is 3.38. The largest absolute Gasteiger partial charge is 0.330 e. The van der Waals surface area contributed by atoms with E-state index in [2.05, 4.69) is 20.8 Å². The van der Waals surface area contributed by atoms with Crippen LogP contribution >= 0.6 is 0 Å². The summed E-state index contributed by atoms with van der Waals surface area (Å²) in [6.45, 7) is 6.55. The minimum absolute atomic E-state index is 0.142. The van der Waals surface area contributed by atoms with Crippen LogP contribution in [0.25, 0.3) is 0 Å². The summed E-state index contributed by atoms with van der Waals surface area (Å²) in [5.74, 6) is 0.342. The van der Waals surface area contributed by atoms with E-state index in [1.807, 2.05) is 0 Å². The molecule has 1 saturated heterocycles. The number of carbonyl (C=O) groups is 2. The van der Waals surface area contributed by atoms with E-state index in [-0.39, 0.29) is 17.2 Å². The molecule has 0 aromatic heterocycles. The fraction of sp³-hybridized carbons (Fsp3) is 0.846. The van der Waals surface area contributed by atoms with Crippen LogP contribution in [0.4, 0.5) is 0 Å². The molecule has 0 saturated carbocycles. The Morgan fingerprint density at radius 3 is 2.69 bits per heavy atom. The van der Waals surface area contributed by atoms with E-state index in [0.717, 1.165) is 25.7 Å². The molecule has 0 N–H and O–H groups in total. The van der Waals surface area contributed by atoms with Crippen molar-refractivity contribution in [3.05, 3.63) is 0 Å². The number of hydrogen-bond donors (Lipinski definition) is 0. The highest BCUT2D eigenvalue weighted by molar-refractivity contribution is 5.88. The number of nitrogens with zero attached hydrogens (tertiary/aromatic N) is 1. The van der Waals surface area contributed by atoms with E-state index in [0.29, 0.717) is 19.4 Å². The normalized spacial score (nSPS) is 19.9. The number of ketones is 1.